The molecule has 2 aromatic carbocycles. The van der Waals surface area contributed by atoms with Crippen molar-refractivity contribution in [1.82, 2.24) is 9.47 Å². The first-order valence-corrected chi connectivity index (χ1v) is 11.0. The topological polar surface area (TPSA) is 72.8 Å². The Labute approximate surface area is 192 Å². The molecular weight excluding hydrogens is 418 g/mol. The van der Waals surface area contributed by atoms with Crippen molar-refractivity contribution in [1.29, 1.82) is 0 Å². The fourth-order valence-electron chi connectivity index (χ4n) is 5.04. The molecule has 1 aromatic heterocycles. The Morgan fingerprint density at radius 2 is 1.91 bits per heavy atom. The van der Waals surface area contributed by atoms with E-state index in [9.17, 15) is 9.59 Å². The van der Waals surface area contributed by atoms with Gasteiger partial charge in [0.25, 0.3) is 5.91 Å². The minimum atomic E-state index is -0.406. The molecule has 0 saturated heterocycles. The van der Waals surface area contributed by atoms with Crippen molar-refractivity contribution in [3.8, 4) is 11.5 Å². The van der Waals surface area contributed by atoms with Gasteiger partial charge in [-0.1, -0.05) is 12.1 Å². The van der Waals surface area contributed by atoms with Crippen LogP contribution < -0.4 is 14.8 Å². The lowest BCUT2D eigenvalue weighted by molar-refractivity contribution is -0.139. The van der Waals surface area contributed by atoms with Crippen LogP contribution >= 0.6 is 0 Å². The normalized spacial score (nSPS) is 17.3. The average molecular weight is 446 g/mol. The predicted octanol–water partition coefficient (Wildman–Crippen LogP) is 4.44. The molecule has 5 rings (SSSR count). The third kappa shape index (κ3) is 3.10. The predicted molar refractivity (Wildman–Crippen MR) is 127 cm³/mol. The second kappa shape index (κ2) is 7.69. The molecule has 0 aliphatic carbocycles. The SMILES string of the molecule is COc1ccc([C@@H]2C3=C(CN(C(C)=O)C3=O)Nc3cccc4c3c2cn4C(C)C)c(OC)c1. The second-order valence-electron chi connectivity index (χ2n) is 8.75. The Morgan fingerprint density at radius 3 is 2.58 bits per heavy atom. The highest BCUT2D eigenvalue weighted by atomic mass is 16.5. The van der Waals surface area contributed by atoms with E-state index < -0.39 is 5.92 Å². The van der Waals surface area contributed by atoms with E-state index in [1.807, 2.05) is 30.3 Å². The summed E-state index contributed by atoms with van der Waals surface area (Å²) in [4.78, 5) is 27.2. The number of carbonyl (C=O) groups is 2. The van der Waals surface area contributed by atoms with Crippen LogP contribution in [0.15, 0.2) is 53.9 Å². The summed E-state index contributed by atoms with van der Waals surface area (Å²) in [7, 11) is 3.22. The van der Waals surface area contributed by atoms with Gasteiger partial charge in [-0.3, -0.25) is 14.5 Å². The molecule has 0 saturated carbocycles. The summed E-state index contributed by atoms with van der Waals surface area (Å²) in [6, 6.07) is 12.0. The first kappa shape index (κ1) is 21.1. The highest BCUT2D eigenvalue weighted by molar-refractivity contribution is 6.11. The summed E-state index contributed by atoms with van der Waals surface area (Å²) < 4.78 is 13.4. The molecule has 33 heavy (non-hydrogen) atoms. The van der Waals surface area contributed by atoms with E-state index in [4.69, 9.17) is 9.47 Å². The number of carbonyl (C=O) groups excluding carboxylic acids is 2. The Bertz CT molecular complexity index is 1330. The zero-order valence-corrected chi connectivity index (χ0v) is 19.4. The number of ether oxygens (including phenoxy) is 2. The largest absolute Gasteiger partial charge is 0.497 e. The highest BCUT2D eigenvalue weighted by Crippen LogP contribution is 2.49. The number of methoxy groups -OCH3 is 2. The number of nitrogens with one attached hydrogen (secondary N) is 1. The quantitative estimate of drug-likeness (QED) is 0.643. The lowest BCUT2D eigenvalue weighted by atomic mass is 9.84. The lowest BCUT2D eigenvalue weighted by Gasteiger charge is -2.22. The van der Waals surface area contributed by atoms with Crippen molar-refractivity contribution >= 4 is 28.4 Å². The first-order chi connectivity index (χ1) is 15.8. The third-order valence-electron chi connectivity index (χ3n) is 6.58. The smallest absolute Gasteiger partial charge is 0.259 e. The molecule has 1 atom stereocenters. The maximum absolute atomic E-state index is 13.6. The van der Waals surface area contributed by atoms with Crippen LogP contribution in [0.1, 0.15) is 43.9 Å². The number of nitrogens with zero attached hydrogens (tertiary/aromatic N) is 2. The van der Waals surface area contributed by atoms with Crippen LogP contribution in [0.4, 0.5) is 5.69 Å². The second-order valence-corrected chi connectivity index (χ2v) is 8.75. The van der Waals surface area contributed by atoms with Gasteiger partial charge in [0.15, 0.2) is 0 Å². The van der Waals surface area contributed by atoms with Gasteiger partial charge in [-0.25, -0.2) is 0 Å². The molecule has 7 heteroatoms. The number of hydrogen-bond acceptors (Lipinski definition) is 5. The van der Waals surface area contributed by atoms with Crippen molar-refractivity contribution in [3.63, 3.8) is 0 Å². The van der Waals surface area contributed by atoms with E-state index in [2.05, 4.69) is 36.0 Å². The summed E-state index contributed by atoms with van der Waals surface area (Å²) >= 11 is 0. The zero-order chi connectivity index (χ0) is 23.4. The van der Waals surface area contributed by atoms with Crippen LogP contribution in [0.2, 0.25) is 0 Å². The number of aromatic nitrogens is 1. The van der Waals surface area contributed by atoms with Gasteiger partial charge >= 0.3 is 0 Å². The van der Waals surface area contributed by atoms with Gasteiger partial charge in [0.1, 0.15) is 11.5 Å². The molecule has 2 amide bonds. The van der Waals surface area contributed by atoms with Gasteiger partial charge in [0.05, 0.1) is 31.9 Å². The van der Waals surface area contributed by atoms with Crippen LogP contribution in [-0.2, 0) is 9.59 Å². The van der Waals surface area contributed by atoms with E-state index in [0.717, 1.165) is 33.4 Å². The van der Waals surface area contributed by atoms with E-state index in [0.29, 0.717) is 17.1 Å². The molecule has 0 spiro atoms. The molecule has 170 valence electrons. The fourth-order valence-corrected chi connectivity index (χ4v) is 5.04. The van der Waals surface area contributed by atoms with Crippen molar-refractivity contribution < 1.29 is 19.1 Å². The van der Waals surface area contributed by atoms with Gasteiger partial charge < -0.3 is 19.4 Å². The van der Waals surface area contributed by atoms with Crippen LogP contribution in [0.25, 0.3) is 10.9 Å². The maximum atomic E-state index is 13.6. The standard InChI is InChI=1S/C26H27N3O4/c1-14(2)28-12-18-23(17-10-9-16(32-4)11-22(17)33-5)25-20(13-29(15(3)30)26(25)31)27-19-7-6-8-21(28)24(18)19/h6-12,14,23,27H,13H2,1-5H3/t23-/m0/s1. The Kier molecular flexibility index (Phi) is 4.92. The summed E-state index contributed by atoms with van der Waals surface area (Å²) in [5.74, 6) is 0.353. The molecule has 3 aromatic rings. The first-order valence-electron chi connectivity index (χ1n) is 11.0. The van der Waals surface area contributed by atoms with Gasteiger partial charge in [-0.05, 0) is 37.6 Å². The summed E-state index contributed by atoms with van der Waals surface area (Å²) in [5.41, 5.74) is 5.22. The van der Waals surface area contributed by atoms with E-state index in [1.165, 1.54) is 11.8 Å². The molecular formula is C26H27N3O4. The van der Waals surface area contributed by atoms with Crippen LogP contribution in [0, 0.1) is 0 Å². The van der Waals surface area contributed by atoms with E-state index in [-0.39, 0.29) is 24.4 Å². The summed E-state index contributed by atoms with van der Waals surface area (Å²) in [6.45, 7) is 5.93. The van der Waals surface area contributed by atoms with Crippen LogP contribution in [-0.4, -0.2) is 42.0 Å². The molecule has 2 aliphatic rings. The average Bonchev–Trinajstić information content (AvgIpc) is 3.30. The van der Waals surface area contributed by atoms with Crippen LogP contribution in [0.3, 0.4) is 0 Å². The minimum Gasteiger partial charge on any atom is -0.497 e. The highest BCUT2D eigenvalue weighted by Gasteiger charge is 2.42. The van der Waals surface area contributed by atoms with Crippen molar-refractivity contribution in [2.45, 2.75) is 32.7 Å². The number of rotatable bonds is 4. The maximum Gasteiger partial charge on any atom is 0.259 e. The van der Waals surface area contributed by atoms with Crippen molar-refractivity contribution in [3.05, 3.63) is 65.0 Å². The van der Waals surface area contributed by atoms with Crippen LogP contribution in [0.5, 0.6) is 11.5 Å². The fraction of sp³-hybridized carbons (Fsp3) is 0.308. The van der Waals surface area contributed by atoms with Gasteiger partial charge in [-0.15, -0.1) is 0 Å². The molecule has 0 fully saturated rings. The molecule has 0 unspecified atom stereocenters. The van der Waals surface area contributed by atoms with Gasteiger partial charge in [0.2, 0.25) is 5.91 Å². The summed E-state index contributed by atoms with van der Waals surface area (Å²) in [6.07, 6.45) is 2.13. The molecule has 0 radical (unpaired) electrons. The molecule has 3 heterocycles. The number of anilines is 1. The lowest BCUT2D eigenvalue weighted by Crippen LogP contribution is -2.33. The van der Waals surface area contributed by atoms with E-state index in [1.54, 1.807) is 14.2 Å². The minimum absolute atomic E-state index is 0.226. The molecule has 7 nitrogen and oxygen atoms in total. The van der Waals surface area contributed by atoms with E-state index >= 15 is 0 Å². The third-order valence-corrected chi connectivity index (χ3v) is 6.58. The number of imide groups is 1. The Balaban J connectivity index is 1.84. The summed E-state index contributed by atoms with van der Waals surface area (Å²) in [5, 5.41) is 4.57. The molecule has 0 bridgehead atoms. The van der Waals surface area contributed by atoms with Crippen molar-refractivity contribution in [2.24, 2.45) is 0 Å². The number of benzene rings is 2. The van der Waals surface area contributed by atoms with Gasteiger partial charge in [0, 0.05) is 53.5 Å². The molecule has 2 aliphatic heterocycles. The van der Waals surface area contributed by atoms with Crippen molar-refractivity contribution in [2.75, 3.05) is 26.1 Å². The zero-order valence-electron chi connectivity index (χ0n) is 19.4. The Morgan fingerprint density at radius 1 is 1.12 bits per heavy atom. The molecule has 1 N–H and O–H groups in total. The number of hydrogen-bond donors (Lipinski definition) is 1. The number of amides is 2. The van der Waals surface area contributed by atoms with Gasteiger partial charge in [-0.2, -0.15) is 0 Å². The Hall–Kier alpha value is -3.74. The monoisotopic (exact) mass is 445 g/mol.